The number of aryl methyl sites for hydroxylation is 1. The van der Waals surface area contributed by atoms with Gasteiger partial charge in [-0.2, -0.15) is 0 Å². The van der Waals surface area contributed by atoms with E-state index < -0.39 is 5.97 Å². The van der Waals surface area contributed by atoms with E-state index in [0.717, 1.165) is 22.8 Å². The SMILES string of the molecule is COC(=O)c1ccc2c(c1)nc(N)c1ncc(C(C)Cc3ccc(C)cc3)cc12. The van der Waals surface area contributed by atoms with Crippen molar-refractivity contribution >= 4 is 33.6 Å². The number of aromatic nitrogens is 2. The third kappa shape index (κ3) is 3.63. The van der Waals surface area contributed by atoms with Crippen molar-refractivity contribution in [1.29, 1.82) is 0 Å². The maximum absolute atomic E-state index is 11.9. The van der Waals surface area contributed by atoms with E-state index in [1.54, 1.807) is 12.1 Å². The van der Waals surface area contributed by atoms with E-state index in [-0.39, 0.29) is 0 Å². The Balaban J connectivity index is 1.77. The van der Waals surface area contributed by atoms with Gasteiger partial charge in [-0.05, 0) is 48.6 Å². The normalized spacial score (nSPS) is 12.2. The number of pyridine rings is 2. The first-order valence-electron chi connectivity index (χ1n) is 9.59. The van der Waals surface area contributed by atoms with Crippen LogP contribution in [-0.2, 0) is 11.2 Å². The minimum Gasteiger partial charge on any atom is -0.465 e. The van der Waals surface area contributed by atoms with Crippen LogP contribution in [0.15, 0.2) is 54.7 Å². The van der Waals surface area contributed by atoms with Crippen LogP contribution in [-0.4, -0.2) is 23.0 Å². The first-order valence-corrected chi connectivity index (χ1v) is 9.59. The summed E-state index contributed by atoms with van der Waals surface area (Å²) in [5.74, 6) is 0.256. The van der Waals surface area contributed by atoms with Crippen LogP contribution in [0.4, 0.5) is 5.82 Å². The number of esters is 1. The van der Waals surface area contributed by atoms with E-state index in [1.807, 2.05) is 12.3 Å². The highest BCUT2D eigenvalue weighted by molar-refractivity contribution is 6.09. The predicted molar refractivity (Wildman–Crippen MR) is 116 cm³/mol. The first kappa shape index (κ1) is 18.9. The lowest BCUT2D eigenvalue weighted by Gasteiger charge is -2.14. The fourth-order valence-corrected chi connectivity index (χ4v) is 3.63. The molecule has 0 bridgehead atoms. The summed E-state index contributed by atoms with van der Waals surface area (Å²) in [6.07, 6.45) is 2.81. The Morgan fingerprint density at radius 2 is 1.86 bits per heavy atom. The molecule has 2 aromatic carbocycles. The van der Waals surface area contributed by atoms with Crippen molar-refractivity contribution in [2.75, 3.05) is 12.8 Å². The molecule has 0 fully saturated rings. The van der Waals surface area contributed by atoms with Crippen LogP contribution in [0.2, 0.25) is 0 Å². The van der Waals surface area contributed by atoms with Crippen molar-refractivity contribution in [3.8, 4) is 0 Å². The number of carbonyl (C=O) groups excluding carboxylic acids is 1. The van der Waals surface area contributed by atoms with E-state index >= 15 is 0 Å². The number of carbonyl (C=O) groups is 1. The van der Waals surface area contributed by atoms with Crippen LogP contribution in [0.25, 0.3) is 21.8 Å². The number of nitrogens with two attached hydrogens (primary N) is 1. The summed E-state index contributed by atoms with van der Waals surface area (Å²) in [6, 6.07) is 16.1. The van der Waals surface area contributed by atoms with Crippen LogP contribution in [0, 0.1) is 6.92 Å². The fourth-order valence-electron chi connectivity index (χ4n) is 3.63. The minimum absolute atomic E-state index is 0.299. The number of hydrogen-bond donors (Lipinski definition) is 1. The summed E-state index contributed by atoms with van der Waals surface area (Å²) in [4.78, 5) is 20.9. The zero-order valence-electron chi connectivity index (χ0n) is 16.8. The van der Waals surface area contributed by atoms with Crippen LogP contribution < -0.4 is 5.73 Å². The lowest BCUT2D eigenvalue weighted by molar-refractivity contribution is 0.0601. The van der Waals surface area contributed by atoms with Gasteiger partial charge in [-0.3, -0.25) is 4.98 Å². The number of anilines is 1. The molecule has 0 radical (unpaired) electrons. The summed E-state index contributed by atoms with van der Waals surface area (Å²) in [5.41, 5.74) is 11.6. The summed E-state index contributed by atoms with van der Waals surface area (Å²) < 4.78 is 4.81. The van der Waals surface area contributed by atoms with Gasteiger partial charge < -0.3 is 10.5 Å². The number of methoxy groups -OCH3 is 1. The van der Waals surface area contributed by atoms with Gasteiger partial charge in [0.15, 0.2) is 5.82 Å². The minimum atomic E-state index is -0.397. The van der Waals surface area contributed by atoms with Crippen molar-refractivity contribution in [3.05, 3.63) is 77.0 Å². The summed E-state index contributed by atoms with van der Waals surface area (Å²) in [7, 11) is 1.36. The van der Waals surface area contributed by atoms with Gasteiger partial charge in [-0.25, -0.2) is 9.78 Å². The molecule has 146 valence electrons. The number of fused-ring (bicyclic) bond motifs is 3. The zero-order chi connectivity index (χ0) is 20.5. The number of benzene rings is 2. The maximum atomic E-state index is 11.9. The Labute approximate surface area is 169 Å². The van der Waals surface area contributed by atoms with Gasteiger partial charge >= 0.3 is 5.97 Å². The molecule has 0 aliphatic heterocycles. The monoisotopic (exact) mass is 385 g/mol. The lowest BCUT2D eigenvalue weighted by atomic mass is 9.93. The van der Waals surface area contributed by atoms with Gasteiger partial charge in [0, 0.05) is 17.0 Å². The Bertz CT molecular complexity index is 1220. The lowest BCUT2D eigenvalue weighted by Crippen LogP contribution is -2.03. The quantitative estimate of drug-likeness (QED) is 0.403. The topological polar surface area (TPSA) is 78.1 Å². The van der Waals surface area contributed by atoms with Crippen LogP contribution in [0.3, 0.4) is 0 Å². The van der Waals surface area contributed by atoms with Gasteiger partial charge in [0.05, 0.1) is 18.2 Å². The molecule has 0 saturated heterocycles. The second-order valence-corrected chi connectivity index (χ2v) is 7.48. The second-order valence-electron chi connectivity index (χ2n) is 7.48. The average molecular weight is 385 g/mol. The third-order valence-corrected chi connectivity index (χ3v) is 5.33. The average Bonchev–Trinajstić information content (AvgIpc) is 2.74. The zero-order valence-corrected chi connectivity index (χ0v) is 16.8. The molecule has 0 saturated carbocycles. The molecule has 0 spiro atoms. The molecule has 2 N–H and O–H groups in total. The van der Waals surface area contributed by atoms with Gasteiger partial charge in [-0.15, -0.1) is 0 Å². The molecule has 5 heteroatoms. The van der Waals surface area contributed by atoms with E-state index in [9.17, 15) is 4.79 Å². The van der Waals surface area contributed by atoms with Gasteiger partial charge in [0.2, 0.25) is 0 Å². The van der Waals surface area contributed by atoms with Gasteiger partial charge in [-0.1, -0.05) is 42.8 Å². The molecule has 2 aromatic heterocycles. The Morgan fingerprint density at radius 3 is 2.59 bits per heavy atom. The Hall–Kier alpha value is -3.47. The van der Waals surface area contributed by atoms with Crippen molar-refractivity contribution in [3.63, 3.8) is 0 Å². The molecule has 4 rings (SSSR count). The molecular weight excluding hydrogens is 362 g/mol. The molecule has 29 heavy (non-hydrogen) atoms. The number of nitrogens with zero attached hydrogens (tertiary/aromatic N) is 2. The molecule has 1 unspecified atom stereocenters. The third-order valence-electron chi connectivity index (χ3n) is 5.33. The van der Waals surface area contributed by atoms with Crippen molar-refractivity contribution < 1.29 is 9.53 Å². The van der Waals surface area contributed by atoms with Crippen LogP contribution in [0.5, 0.6) is 0 Å². The molecule has 4 aromatic rings. The van der Waals surface area contributed by atoms with Crippen molar-refractivity contribution in [2.45, 2.75) is 26.2 Å². The summed E-state index contributed by atoms with van der Waals surface area (Å²) >= 11 is 0. The number of ether oxygens (including phenoxy) is 1. The smallest absolute Gasteiger partial charge is 0.337 e. The predicted octanol–water partition coefficient (Wildman–Crippen LogP) is 4.81. The highest BCUT2D eigenvalue weighted by atomic mass is 16.5. The van der Waals surface area contributed by atoms with E-state index in [2.05, 4.69) is 54.1 Å². The van der Waals surface area contributed by atoms with Gasteiger partial charge in [0.25, 0.3) is 0 Å². The highest BCUT2D eigenvalue weighted by Gasteiger charge is 2.14. The molecule has 1 atom stereocenters. The van der Waals surface area contributed by atoms with Crippen molar-refractivity contribution in [1.82, 2.24) is 9.97 Å². The van der Waals surface area contributed by atoms with E-state index in [1.165, 1.54) is 18.2 Å². The highest BCUT2D eigenvalue weighted by Crippen LogP contribution is 2.30. The standard InChI is InChI=1S/C24H23N3O2/c1-14-4-6-16(7-5-14)10-15(2)18-11-20-19-9-8-17(24(28)29-3)12-21(19)27-23(25)22(20)26-13-18/h4-9,11-13,15H,10H2,1-3H3,(H2,25,27). The molecule has 0 amide bonds. The number of nitrogen functional groups attached to an aromatic ring is 1. The second kappa shape index (κ2) is 7.51. The molecule has 0 aliphatic carbocycles. The fraction of sp³-hybridized carbons (Fsp3) is 0.208. The Kier molecular flexibility index (Phi) is 4.89. The maximum Gasteiger partial charge on any atom is 0.337 e. The van der Waals surface area contributed by atoms with Crippen LogP contribution >= 0.6 is 0 Å². The molecular formula is C24H23N3O2. The first-order chi connectivity index (χ1) is 14.0. The number of hydrogen-bond acceptors (Lipinski definition) is 5. The van der Waals surface area contributed by atoms with Crippen molar-refractivity contribution in [2.24, 2.45) is 0 Å². The summed E-state index contributed by atoms with van der Waals surface area (Å²) in [5, 5.41) is 1.86. The molecule has 2 heterocycles. The number of rotatable bonds is 4. The van der Waals surface area contributed by atoms with E-state index in [4.69, 9.17) is 10.5 Å². The van der Waals surface area contributed by atoms with E-state index in [0.29, 0.717) is 28.3 Å². The largest absolute Gasteiger partial charge is 0.465 e. The molecule has 5 nitrogen and oxygen atoms in total. The summed E-state index contributed by atoms with van der Waals surface area (Å²) in [6.45, 7) is 4.29. The van der Waals surface area contributed by atoms with Gasteiger partial charge in [0.1, 0.15) is 5.52 Å². The molecule has 0 aliphatic rings. The van der Waals surface area contributed by atoms with Crippen LogP contribution in [0.1, 0.15) is 39.9 Å². The Morgan fingerprint density at radius 1 is 1.10 bits per heavy atom.